The Morgan fingerprint density at radius 2 is 1.73 bits per heavy atom. The molecule has 1 aliphatic heterocycles. The van der Waals surface area contributed by atoms with Crippen LogP contribution >= 0.6 is 0 Å². The van der Waals surface area contributed by atoms with Gasteiger partial charge in [0.2, 0.25) is 11.8 Å². The summed E-state index contributed by atoms with van der Waals surface area (Å²) in [5.74, 6) is -0.559. The molecule has 2 amide bonds. The van der Waals surface area contributed by atoms with Crippen molar-refractivity contribution in [2.24, 2.45) is 5.92 Å². The highest BCUT2D eigenvalue weighted by Crippen LogP contribution is 2.27. The van der Waals surface area contributed by atoms with Crippen molar-refractivity contribution in [2.75, 3.05) is 18.1 Å². The smallest absolute Gasteiger partial charge is 0.494 e. The van der Waals surface area contributed by atoms with E-state index in [0.29, 0.717) is 23.6 Å². The van der Waals surface area contributed by atoms with Crippen LogP contribution in [0.4, 0.5) is 18.9 Å². The van der Waals surface area contributed by atoms with Gasteiger partial charge in [-0.05, 0) is 48.9 Å². The van der Waals surface area contributed by atoms with Crippen LogP contribution in [0, 0.1) is 5.92 Å². The first-order valence-corrected chi connectivity index (χ1v) is 9.41. The zero-order chi connectivity index (χ0) is 21.7. The number of carbonyl (C=O) groups excluding carboxylic acids is 2. The normalized spacial score (nSPS) is 16.5. The van der Waals surface area contributed by atoms with Crippen LogP contribution in [0.2, 0.25) is 0 Å². The average Bonchev–Trinajstić information content (AvgIpc) is 3.09. The quantitative estimate of drug-likeness (QED) is 0.740. The first-order valence-electron chi connectivity index (χ1n) is 9.41. The second-order valence-electron chi connectivity index (χ2n) is 6.74. The summed E-state index contributed by atoms with van der Waals surface area (Å²) in [6, 6.07) is 12.3. The van der Waals surface area contributed by atoms with Crippen LogP contribution in [0.1, 0.15) is 18.9 Å². The Morgan fingerprint density at radius 1 is 1.10 bits per heavy atom. The standard InChI is InChI=1S/C21H21F3N2O4/c1-2-29-17-9-5-16(6-10-17)26-13-15(11-19(26)27)20(28)25-12-14-3-7-18(8-4-14)30-21(22,23)24/h3-10,15H,2,11-13H2,1H3,(H,25,28). The van der Waals surface area contributed by atoms with E-state index in [-0.39, 0.29) is 37.1 Å². The van der Waals surface area contributed by atoms with E-state index in [1.54, 1.807) is 29.2 Å². The van der Waals surface area contributed by atoms with Crippen LogP contribution in [0.15, 0.2) is 48.5 Å². The fourth-order valence-corrected chi connectivity index (χ4v) is 3.16. The predicted molar refractivity (Wildman–Crippen MR) is 103 cm³/mol. The zero-order valence-electron chi connectivity index (χ0n) is 16.2. The Balaban J connectivity index is 1.53. The molecule has 1 unspecified atom stereocenters. The van der Waals surface area contributed by atoms with Gasteiger partial charge in [0.1, 0.15) is 11.5 Å². The minimum absolute atomic E-state index is 0.0946. The Hall–Kier alpha value is -3.23. The number of hydrogen-bond donors (Lipinski definition) is 1. The van der Waals surface area contributed by atoms with Gasteiger partial charge in [-0.15, -0.1) is 13.2 Å². The van der Waals surface area contributed by atoms with Crippen molar-refractivity contribution >= 4 is 17.5 Å². The topological polar surface area (TPSA) is 67.9 Å². The van der Waals surface area contributed by atoms with Crippen molar-refractivity contribution in [3.8, 4) is 11.5 Å². The Kier molecular flexibility index (Phi) is 6.49. The van der Waals surface area contributed by atoms with Gasteiger partial charge in [-0.3, -0.25) is 9.59 Å². The maximum Gasteiger partial charge on any atom is 0.573 e. The van der Waals surface area contributed by atoms with Crippen molar-refractivity contribution in [2.45, 2.75) is 26.3 Å². The number of ether oxygens (including phenoxy) is 2. The lowest BCUT2D eigenvalue weighted by Gasteiger charge is -2.17. The molecule has 0 spiro atoms. The van der Waals surface area contributed by atoms with E-state index in [0.717, 1.165) is 0 Å². The van der Waals surface area contributed by atoms with E-state index >= 15 is 0 Å². The first-order chi connectivity index (χ1) is 14.2. The van der Waals surface area contributed by atoms with Crippen molar-refractivity contribution in [3.05, 3.63) is 54.1 Å². The maximum atomic E-state index is 12.5. The molecule has 1 saturated heterocycles. The second-order valence-corrected chi connectivity index (χ2v) is 6.74. The third kappa shape index (κ3) is 5.65. The maximum absolute atomic E-state index is 12.5. The Bertz CT molecular complexity index is 883. The van der Waals surface area contributed by atoms with Crippen molar-refractivity contribution in [3.63, 3.8) is 0 Å². The van der Waals surface area contributed by atoms with Gasteiger partial charge >= 0.3 is 6.36 Å². The van der Waals surface area contributed by atoms with E-state index in [1.165, 1.54) is 24.3 Å². The molecule has 0 radical (unpaired) electrons. The van der Waals surface area contributed by atoms with Crippen molar-refractivity contribution in [1.82, 2.24) is 5.32 Å². The Labute approximate surface area is 171 Å². The van der Waals surface area contributed by atoms with E-state index in [9.17, 15) is 22.8 Å². The molecule has 9 heteroatoms. The summed E-state index contributed by atoms with van der Waals surface area (Å²) < 4.78 is 45.8. The molecule has 0 aliphatic carbocycles. The number of hydrogen-bond acceptors (Lipinski definition) is 4. The van der Waals surface area contributed by atoms with Crippen LogP contribution in [-0.4, -0.2) is 31.3 Å². The van der Waals surface area contributed by atoms with Gasteiger partial charge < -0.3 is 19.7 Å². The number of anilines is 1. The number of carbonyl (C=O) groups is 2. The fraction of sp³-hybridized carbons (Fsp3) is 0.333. The average molecular weight is 422 g/mol. The van der Waals surface area contributed by atoms with Gasteiger partial charge in [-0.1, -0.05) is 12.1 Å². The highest BCUT2D eigenvalue weighted by Gasteiger charge is 2.35. The molecule has 160 valence electrons. The monoisotopic (exact) mass is 422 g/mol. The van der Waals surface area contributed by atoms with Crippen molar-refractivity contribution < 1.29 is 32.2 Å². The van der Waals surface area contributed by atoms with E-state index in [4.69, 9.17) is 4.74 Å². The summed E-state index contributed by atoms with van der Waals surface area (Å²) in [5, 5.41) is 2.73. The van der Waals surface area contributed by atoms with E-state index in [1.807, 2.05) is 6.92 Å². The van der Waals surface area contributed by atoms with Gasteiger partial charge in [0.25, 0.3) is 0 Å². The largest absolute Gasteiger partial charge is 0.573 e. The van der Waals surface area contributed by atoms with Gasteiger partial charge in [0.05, 0.1) is 12.5 Å². The summed E-state index contributed by atoms with van der Waals surface area (Å²) in [5.41, 5.74) is 1.31. The third-order valence-electron chi connectivity index (χ3n) is 4.58. The van der Waals surface area contributed by atoms with Gasteiger partial charge in [-0.25, -0.2) is 0 Å². The summed E-state index contributed by atoms with van der Waals surface area (Å²) in [7, 11) is 0. The summed E-state index contributed by atoms with van der Waals surface area (Å²) >= 11 is 0. The van der Waals surface area contributed by atoms with Gasteiger partial charge in [0.15, 0.2) is 0 Å². The lowest BCUT2D eigenvalue weighted by Crippen LogP contribution is -2.32. The molecular weight excluding hydrogens is 401 g/mol. The molecule has 1 aliphatic rings. The number of benzene rings is 2. The Morgan fingerprint density at radius 3 is 2.33 bits per heavy atom. The first kappa shape index (κ1) is 21.5. The highest BCUT2D eigenvalue weighted by atomic mass is 19.4. The molecule has 0 saturated carbocycles. The molecule has 3 rings (SSSR count). The highest BCUT2D eigenvalue weighted by molar-refractivity contribution is 6.00. The number of amides is 2. The number of halogens is 3. The lowest BCUT2D eigenvalue weighted by atomic mass is 10.1. The minimum Gasteiger partial charge on any atom is -0.494 e. The number of nitrogens with zero attached hydrogens (tertiary/aromatic N) is 1. The predicted octanol–water partition coefficient (Wildman–Crippen LogP) is 3.65. The minimum atomic E-state index is -4.75. The molecule has 2 aromatic carbocycles. The summed E-state index contributed by atoms with van der Waals surface area (Å²) in [6.45, 7) is 2.82. The molecule has 1 N–H and O–H groups in total. The molecule has 1 heterocycles. The van der Waals surface area contributed by atoms with Crippen molar-refractivity contribution in [1.29, 1.82) is 0 Å². The van der Waals surface area contributed by atoms with Crippen LogP contribution in [-0.2, 0) is 16.1 Å². The molecule has 2 aromatic rings. The summed E-state index contributed by atoms with van der Waals surface area (Å²) in [6.07, 6.45) is -4.66. The number of rotatable bonds is 7. The molecule has 0 bridgehead atoms. The van der Waals surface area contributed by atoms with E-state index in [2.05, 4.69) is 10.1 Å². The van der Waals surface area contributed by atoms with Crippen LogP contribution < -0.4 is 19.7 Å². The fourth-order valence-electron chi connectivity index (χ4n) is 3.16. The van der Waals surface area contributed by atoms with E-state index < -0.39 is 12.3 Å². The molecular formula is C21H21F3N2O4. The zero-order valence-corrected chi connectivity index (χ0v) is 16.2. The molecule has 1 atom stereocenters. The van der Waals surface area contributed by atoms with Gasteiger partial charge in [-0.2, -0.15) is 0 Å². The lowest BCUT2D eigenvalue weighted by molar-refractivity contribution is -0.274. The molecule has 30 heavy (non-hydrogen) atoms. The summed E-state index contributed by atoms with van der Waals surface area (Å²) in [4.78, 5) is 26.3. The molecule has 6 nitrogen and oxygen atoms in total. The SMILES string of the molecule is CCOc1ccc(N2CC(C(=O)NCc3ccc(OC(F)(F)F)cc3)CC2=O)cc1. The number of alkyl halides is 3. The second kappa shape index (κ2) is 9.06. The third-order valence-corrected chi connectivity index (χ3v) is 4.58. The molecule has 0 aromatic heterocycles. The van der Waals surface area contributed by atoms with Crippen LogP contribution in [0.5, 0.6) is 11.5 Å². The molecule has 1 fully saturated rings. The van der Waals surface area contributed by atoms with Crippen LogP contribution in [0.3, 0.4) is 0 Å². The van der Waals surface area contributed by atoms with Gasteiger partial charge in [0, 0.05) is 25.2 Å². The van der Waals surface area contributed by atoms with Crippen LogP contribution in [0.25, 0.3) is 0 Å². The number of nitrogens with one attached hydrogen (secondary N) is 1.